The molecule has 0 spiro atoms. The van der Waals surface area contributed by atoms with E-state index in [0.717, 1.165) is 0 Å². The summed E-state index contributed by atoms with van der Waals surface area (Å²) < 4.78 is 21.3. The Morgan fingerprint density at radius 3 is 2.57 bits per heavy atom. The van der Waals surface area contributed by atoms with E-state index in [1.807, 2.05) is 0 Å². The van der Waals surface area contributed by atoms with Crippen LogP contribution in [0.3, 0.4) is 0 Å². The van der Waals surface area contributed by atoms with Crippen LogP contribution in [0, 0.1) is 0 Å². The van der Waals surface area contributed by atoms with E-state index >= 15 is 0 Å². The fraction of sp³-hybridized carbons (Fsp3) is 0.286. The van der Waals surface area contributed by atoms with Crippen LogP contribution in [-0.2, 0) is 15.5 Å². The monoisotopic (exact) mass is 273 g/mol. The summed E-state index contributed by atoms with van der Waals surface area (Å²) in [6, 6.07) is 1.52. The van der Waals surface area contributed by atoms with Gasteiger partial charge >= 0.3 is 0 Å². The molecule has 0 N–H and O–H groups in total. The molecule has 0 amide bonds. The highest BCUT2D eigenvalue weighted by Crippen LogP contribution is 2.19. The molecule has 0 saturated carbocycles. The van der Waals surface area contributed by atoms with E-state index in [4.69, 9.17) is 33.9 Å². The Hall–Kier alpha value is -0.0300. The van der Waals surface area contributed by atoms with Gasteiger partial charge in [0, 0.05) is 16.9 Å². The summed E-state index contributed by atoms with van der Waals surface area (Å²) in [5.41, 5.74) is 0.621. The molecular weight excluding hydrogens is 269 g/mol. The van der Waals surface area contributed by atoms with Crippen molar-refractivity contribution in [1.29, 1.82) is 0 Å². The van der Waals surface area contributed by atoms with Crippen molar-refractivity contribution in [3.05, 3.63) is 28.0 Å². The van der Waals surface area contributed by atoms with Crippen molar-refractivity contribution in [2.24, 2.45) is 0 Å². The summed E-state index contributed by atoms with van der Waals surface area (Å²) in [5, 5.41) is 0.658. The summed E-state index contributed by atoms with van der Waals surface area (Å²) in [6.07, 6.45) is 1.60. The van der Waals surface area contributed by atoms with E-state index in [1.165, 1.54) is 12.3 Å². The molecule has 0 saturated heterocycles. The van der Waals surface area contributed by atoms with Gasteiger partial charge in [0.25, 0.3) is 0 Å². The highest BCUT2D eigenvalue weighted by atomic mass is 35.7. The van der Waals surface area contributed by atoms with Crippen LogP contribution in [-0.4, -0.2) is 19.2 Å². The van der Waals surface area contributed by atoms with E-state index in [1.54, 1.807) is 0 Å². The van der Waals surface area contributed by atoms with Crippen molar-refractivity contribution in [1.82, 2.24) is 4.98 Å². The highest BCUT2D eigenvalue weighted by Gasteiger charge is 2.08. The molecule has 0 atom stereocenters. The second kappa shape index (κ2) is 4.66. The summed E-state index contributed by atoms with van der Waals surface area (Å²) in [5.74, 6) is -0.172. The third kappa shape index (κ3) is 4.00. The summed E-state index contributed by atoms with van der Waals surface area (Å²) in [4.78, 5) is 3.73. The van der Waals surface area contributed by atoms with Gasteiger partial charge in [-0.25, -0.2) is 13.4 Å². The Kier molecular flexibility index (Phi) is 4.01. The predicted octanol–water partition coefficient (Wildman–Crippen LogP) is 2.50. The summed E-state index contributed by atoms with van der Waals surface area (Å²) in [6.45, 7) is 0. The molecule has 1 aromatic rings. The molecule has 0 fully saturated rings. The van der Waals surface area contributed by atoms with Crippen molar-refractivity contribution in [2.75, 3.05) is 5.75 Å². The average Bonchev–Trinajstić information content (AvgIpc) is 2.05. The zero-order chi connectivity index (χ0) is 10.8. The smallest absolute Gasteiger partial charge is 0.232 e. The molecule has 0 bridgehead atoms. The fourth-order valence-corrected chi connectivity index (χ4v) is 1.95. The molecule has 14 heavy (non-hydrogen) atoms. The fourth-order valence-electron chi connectivity index (χ4n) is 0.875. The summed E-state index contributed by atoms with van der Waals surface area (Å²) in [7, 11) is 1.55. The third-order valence-electron chi connectivity index (χ3n) is 1.52. The molecule has 0 unspecified atom stereocenters. The maximum atomic E-state index is 10.7. The minimum atomic E-state index is -3.50. The minimum absolute atomic E-state index is 0.172. The molecule has 3 nitrogen and oxygen atoms in total. The molecule has 0 aliphatic carbocycles. The molecule has 78 valence electrons. The number of halogens is 3. The molecule has 1 heterocycles. The second-order valence-electron chi connectivity index (χ2n) is 2.59. The lowest BCUT2D eigenvalue weighted by Gasteiger charge is -2.02. The topological polar surface area (TPSA) is 47.0 Å². The zero-order valence-corrected chi connectivity index (χ0v) is 9.96. The molecule has 1 aromatic heterocycles. The first-order valence-corrected chi connectivity index (χ1v) is 6.84. The van der Waals surface area contributed by atoms with Gasteiger partial charge in [0.1, 0.15) is 5.15 Å². The van der Waals surface area contributed by atoms with Gasteiger partial charge in [-0.3, -0.25) is 0 Å². The van der Waals surface area contributed by atoms with Gasteiger partial charge in [-0.15, -0.1) is 0 Å². The van der Waals surface area contributed by atoms with Gasteiger partial charge in [0.15, 0.2) is 0 Å². The van der Waals surface area contributed by atoms with Crippen LogP contribution in [0.15, 0.2) is 12.3 Å². The van der Waals surface area contributed by atoms with Gasteiger partial charge in [0.2, 0.25) is 9.05 Å². The molecule has 0 radical (unpaired) electrons. The van der Waals surface area contributed by atoms with Crippen molar-refractivity contribution in [3.63, 3.8) is 0 Å². The van der Waals surface area contributed by atoms with Gasteiger partial charge in [-0.1, -0.05) is 23.2 Å². The SMILES string of the molecule is O=S(=O)(Cl)CCc1cc(Cl)ncc1Cl. The van der Waals surface area contributed by atoms with E-state index in [9.17, 15) is 8.42 Å². The van der Waals surface area contributed by atoms with Gasteiger partial charge in [0.05, 0.1) is 10.8 Å². The number of aromatic nitrogens is 1. The van der Waals surface area contributed by atoms with E-state index < -0.39 is 9.05 Å². The predicted molar refractivity (Wildman–Crippen MR) is 57.6 cm³/mol. The van der Waals surface area contributed by atoms with Gasteiger partial charge in [-0.2, -0.15) is 0 Å². The van der Waals surface area contributed by atoms with Crippen LogP contribution in [0.2, 0.25) is 10.2 Å². The number of hydrogen-bond donors (Lipinski definition) is 0. The Bertz CT molecular complexity index is 433. The Morgan fingerprint density at radius 2 is 2.00 bits per heavy atom. The van der Waals surface area contributed by atoms with Crippen LogP contribution in [0.5, 0.6) is 0 Å². The van der Waals surface area contributed by atoms with Crippen LogP contribution in [0.25, 0.3) is 0 Å². The molecule has 0 aliphatic heterocycles. The normalized spacial score (nSPS) is 11.6. The highest BCUT2D eigenvalue weighted by molar-refractivity contribution is 8.13. The number of aryl methyl sites for hydroxylation is 1. The first-order valence-electron chi connectivity index (χ1n) is 3.61. The standard InChI is InChI=1S/C7H6Cl3NO2S/c8-6-4-11-7(9)3-5(6)1-2-14(10,12)13/h3-4H,1-2H2. The number of hydrogen-bond acceptors (Lipinski definition) is 3. The van der Waals surface area contributed by atoms with Gasteiger partial charge in [-0.05, 0) is 18.1 Å². The Labute approximate surface area is 96.4 Å². The molecule has 0 aliphatic rings. The lowest BCUT2D eigenvalue weighted by atomic mass is 10.2. The zero-order valence-electron chi connectivity index (χ0n) is 6.87. The maximum absolute atomic E-state index is 10.7. The number of rotatable bonds is 3. The van der Waals surface area contributed by atoms with Crippen molar-refractivity contribution >= 4 is 42.9 Å². The molecule has 1 rings (SSSR count). The maximum Gasteiger partial charge on any atom is 0.232 e. The first-order chi connectivity index (χ1) is 6.38. The van der Waals surface area contributed by atoms with E-state index in [2.05, 4.69) is 4.98 Å². The second-order valence-corrected chi connectivity index (χ2v) is 6.28. The van der Waals surface area contributed by atoms with Crippen molar-refractivity contribution < 1.29 is 8.42 Å². The molecule has 7 heteroatoms. The van der Waals surface area contributed by atoms with Crippen molar-refractivity contribution in [2.45, 2.75) is 6.42 Å². The summed E-state index contributed by atoms with van der Waals surface area (Å²) >= 11 is 11.4. The molecular formula is C7H6Cl3NO2S. The Balaban J connectivity index is 2.81. The quantitative estimate of drug-likeness (QED) is 0.628. The minimum Gasteiger partial charge on any atom is -0.243 e. The van der Waals surface area contributed by atoms with Crippen LogP contribution in [0.4, 0.5) is 0 Å². The van der Waals surface area contributed by atoms with Crippen LogP contribution < -0.4 is 0 Å². The lowest BCUT2D eigenvalue weighted by molar-refractivity contribution is 0.609. The third-order valence-corrected chi connectivity index (χ3v) is 3.22. The first kappa shape index (κ1) is 12.0. The lowest BCUT2D eigenvalue weighted by Crippen LogP contribution is -2.01. The average molecular weight is 275 g/mol. The largest absolute Gasteiger partial charge is 0.243 e. The van der Waals surface area contributed by atoms with Crippen molar-refractivity contribution in [3.8, 4) is 0 Å². The van der Waals surface area contributed by atoms with E-state index in [-0.39, 0.29) is 17.3 Å². The number of nitrogens with zero attached hydrogens (tertiary/aromatic N) is 1. The van der Waals surface area contributed by atoms with Crippen LogP contribution in [0.1, 0.15) is 5.56 Å². The van der Waals surface area contributed by atoms with E-state index in [0.29, 0.717) is 10.6 Å². The Morgan fingerprint density at radius 1 is 1.36 bits per heavy atom. The molecule has 0 aromatic carbocycles. The van der Waals surface area contributed by atoms with Gasteiger partial charge < -0.3 is 0 Å². The van der Waals surface area contributed by atoms with Crippen LogP contribution >= 0.6 is 33.9 Å². The number of pyridine rings is 1.